The Balaban J connectivity index is 1.36. The van der Waals surface area contributed by atoms with Gasteiger partial charge in [-0.3, -0.25) is 4.79 Å². The zero-order valence-corrected chi connectivity index (χ0v) is 14.7. The molecule has 1 N–H and O–H groups in total. The van der Waals surface area contributed by atoms with Crippen molar-refractivity contribution in [3.05, 3.63) is 90.0 Å². The average Bonchev–Trinajstić information content (AvgIpc) is 3.03. The molecule has 0 fully saturated rings. The summed E-state index contributed by atoms with van der Waals surface area (Å²) in [5.74, 6) is 1.53. The molecule has 4 heteroatoms. The molecule has 1 aliphatic heterocycles. The second-order valence-corrected chi connectivity index (χ2v) is 6.14. The molecule has 0 radical (unpaired) electrons. The number of amides is 1. The summed E-state index contributed by atoms with van der Waals surface area (Å²) in [5, 5.41) is 2.88. The molecule has 0 atom stereocenters. The Morgan fingerprint density at radius 1 is 0.741 bits per heavy atom. The van der Waals surface area contributed by atoms with Gasteiger partial charge in [-0.05, 0) is 42.0 Å². The zero-order valence-electron chi connectivity index (χ0n) is 14.7. The summed E-state index contributed by atoms with van der Waals surface area (Å²) in [4.78, 5) is 12.2. The largest absolute Gasteiger partial charge is 0.490 e. The number of hydrogen-bond acceptors (Lipinski definition) is 3. The molecule has 3 aromatic rings. The van der Waals surface area contributed by atoms with Crippen molar-refractivity contribution < 1.29 is 14.3 Å². The van der Waals surface area contributed by atoms with E-state index in [9.17, 15) is 4.79 Å². The summed E-state index contributed by atoms with van der Waals surface area (Å²) >= 11 is 0. The second-order valence-electron chi connectivity index (χ2n) is 6.14. The number of carbonyl (C=O) groups excluding carboxylic acids is 1. The molecule has 1 heterocycles. The molecule has 3 aromatic carbocycles. The number of benzene rings is 3. The van der Waals surface area contributed by atoms with Crippen LogP contribution in [0.2, 0.25) is 0 Å². The number of fused-ring (bicyclic) bond motifs is 1. The van der Waals surface area contributed by atoms with Gasteiger partial charge in [0, 0.05) is 16.8 Å². The number of nitrogens with one attached hydrogen (secondary N) is 1. The van der Waals surface area contributed by atoms with Crippen LogP contribution < -0.4 is 14.8 Å². The summed E-state index contributed by atoms with van der Waals surface area (Å²) in [5.41, 5.74) is 3.41. The maximum absolute atomic E-state index is 12.2. The lowest BCUT2D eigenvalue weighted by atomic mass is 10.0. The molecule has 0 aromatic heterocycles. The van der Waals surface area contributed by atoms with Gasteiger partial charge in [0.25, 0.3) is 5.91 Å². The Morgan fingerprint density at radius 2 is 1.37 bits per heavy atom. The van der Waals surface area contributed by atoms with Gasteiger partial charge in [0.15, 0.2) is 0 Å². The molecular weight excluding hydrogens is 338 g/mol. The number of hydrogen-bond donors (Lipinski definition) is 1. The first-order valence-electron chi connectivity index (χ1n) is 8.83. The van der Waals surface area contributed by atoms with Crippen molar-refractivity contribution in [3.8, 4) is 11.5 Å². The molecule has 1 aliphatic rings. The minimum atomic E-state index is -0.0745. The Labute approximate surface area is 158 Å². The Morgan fingerprint density at radius 3 is 2.11 bits per heavy atom. The van der Waals surface area contributed by atoms with Crippen molar-refractivity contribution in [1.82, 2.24) is 0 Å². The number of carbonyl (C=O) groups is 1. The lowest BCUT2D eigenvalue weighted by Gasteiger charge is -2.08. The van der Waals surface area contributed by atoms with Crippen LogP contribution in [-0.4, -0.2) is 19.1 Å². The third kappa shape index (κ3) is 4.01. The maximum Gasteiger partial charge on any atom is 0.256 e. The van der Waals surface area contributed by atoms with E-state index < -0.39 is 0 Å². The molecule has 0 aliphatic carbocycles. The SMILES string of the molecule is O=C1Nc2ccccc2C1=Cc1ccc(OCCOc2ccccc2)cc1. The minimum Gasteiger partial charge on any atom is -0.490 e. The Bertz CT molecular complexity index is 962. The molecule has 1 amide bonds. The summed E-state index contributed by atoms with van der Waals surface area (Å²) in [6, 6.07) is 25.0. The Hall–Kier alpha value is -3.53. The Kier molecular flexibility index (Phi) is 4.88. The van der Waals surface area contributed by atoms with E-state index in [0.29, 0.717) is 18.8 Å². The van der Waals surface area contributed by atoms with Crippen LogP contribution >= 0.6 is 0 Å². The third-order valence-electron chi connectivity index (χ3n) is 4.27. The topological polar surface area (TPSA) is 47.6 Å². The first-order chi connectivity index (χ1) is 13.3. The van der Waals surface area contributed by atoms with E-state index in [2.05, 4.69) is 5.32 Å². The first-order valence-corrected chi connectivity index (χ1v) is 8.83. The van der Waals surface area contributed by atoms with E-state index in [1.54, 1.807) is 0 Å². The van der Waals surface area contributed by atoms with Crippen LogP contribution in [0.25, 0.3) is 11.6 Å². The zero-order chi connectivity index (χ0) is 18.5. The number of para-hydroxylation sites is 2. The second kappa shape index (κ2) is 7.79. The predicted octanol–water partition coefficient (Wildman–Crippen LogP) is 4.64. The fraction of sp³-hybridized carbons (Fsp3) is 0.0870. The van der Waals surface area contributed by atoms with E-state index in [4.69, 9.17) is 9.47 Å². The highest BCUT2D eigenvalue weighted by Crippen LogP contribution is 2.32. The van der Waals surface area contributed by atoms with Crippen molar-refractivity contribution >= 4 is 23.2 Å². The van der Waals surface area contributed by atoms with Gasteiger partial charge >= 0.3 is 0 Å². The van der Waals surface area contributed by atoms with Gasteiger partial charge in [-0.15, -0.1) is 0 Å². The highest BCUT2D eigenvalue weighted by Gasteiger charge is 2.23. The van der Waals surface area contributed by atoms with Crippen molar-refractivity contribution in [3.63, 3.8) is 0 Å². The lowest BCUT2D eigenvalue weighted by Crippen LogP contribution is -2.08. The monoisotopic (exact) mass is 357 g/mol. The predicted molar refractivity (Wildman–Crippen MR) is 107 cm³/mol. The van der Waals surface area contributed by atoms with Crippen LogP contribution in [0, 0.1) is 0 Å². The van der Waals surface area contributed by atoms with E-state index >= 15 is 0 Å². The van der Waals surface area contributed by atoms with Crippen molar-refractivity contribution in [2.45, 2.75) is 0 Å². The number of anilines is 1. The van der Waals surface area contributed by atoms with Gasteiger partial charge in [0.2, 0.25) is 0 Å². The standard InChI is InChI=1S/C23H19NO3/c25-23-21(20-8-4-5-9-22(20)24-23)16-17-10-12-19(13-11-17)27-15-14-26-18-6-2-1-3-7-18/h1-13,16H,14-15H2,(H,24,25). The molecular formula is C23H19NO3. The molecule has 0 unspecified atom stereocenters. The van der Waals surface area contributed by atoms with Gasteiger partial charge in [0.1, 0.15) is 24.7 Å². The molecule has 0 saturated carbocycles. The fourth-order valence-electron chi connectivity index (χ4n) is 2.94. The van der Waals surface area contributed by atoms with Crippen molar-refractivity contribution in [2.24, 2.45) is 0 Å². The van der Waals surface area contributed by atoms with E-state index in [1.807, 2.05) is 84.9 Å². The number of rotatable bonds is 6. The van der Waals surface area contributed by atoms with Crippen molar-refractivity contribution in [2.75, 3.05) is 18.5 Å². The quantitative estimate of drug-likeness (QED) is 0.516. The minimum absolute atomic E-state index is 0.0745. The lowest BCUT2D eigenvalue weighted by molar-refractivity contribution is -0.110. The highest BCUT2D eigenvalue weighted by atomic mass is 16.5. The van der Waals surface area contributed by atoms with Gasteiger partial charge in [-0.2, -0.15) is 0 Å². The summed E-state index contributed by atoms with van der Waals surface area (Å²) in [7, 11) is 0. The summed E-state index contributed by atoms with van der Waals surface area (Å²) < 4.78 is 11.3. The molecule has 0 bridgehead atoms. The van der Waals surface area contributed by atoms with Crippen LogP contribution in [-0.2, 0) is 4.79 Å². The summed E-state index contributed by atoms with van der Waals surface area (Å²) in [6.07, 6.45) is 1.89. The highest BCUT2D eigenvalue weighted by molar-refractivity contribution is 6.34. The van der Waals surface area contributed by atoms with Gasteiger partial charge in [0.05, 0.1) is 0 Å². The van der Waals surface area contributed by atoms with Crippen LogP contribution in [0.5, 0.6) is 11.5 Å². The van der Waals surface area contributed by atoms with Gasteiger partial charge < -0.3 is 14.8 Å². The van der Waals surface area contributed by atoms with E-state index in [-0.39, 0.29) is 5.91 Å². The van der Waals surface area contributed by atoms with Crippen LogP contribution in [0.4, 0.5) is 5.69 Å². The number of ether oxygens (including phenoxy) is 2. The molecule has 4 nitrogen and oxygen atoms in total. The molecule has 27 heavy (non-hydrogen) atoms. The molecule has 0 spiro atoms. The fourth-order valence-corrected chi connectivity index (χ4v) is 2.94. The van der Waals surface area contributed by atoms with Crippen LogP contribution in [0.1, 0.15) is 11.1 Å². The average molecular weight is 357 g/mol. The van der Waals surface area contributed by atoms with Crippen LogP contribution in [0.3, 0.4) is 0 Å². The van der Waals surface area contributed by atoms with Crippen LogP contribution in [0.15, 0.2) is 78.9 Å². The van der Waals surface area contributed by atoms with Crippen molar-refractivity contribution in [1.29, 1.82) is 0 Å². The molecule has 4 rings (SSSR count). The maximum atomic E-state index is 12.2. The van der Waals surface area contributed by atoms with E-state index in [0.717, 1.165) is 28.3 Å². The van der Waals surface area contributed by atoms with Gasteiger partial charge in [-0.1, -0.05) is 48.5 Å². The van der Waals surface area contributed by atoms with E-state index in [1.165, 1.54) is 0 Å². The smallest absolute Gasteiger partial charge is 0.256 e. The molecule has 134 valence electrons. The summed E-state index contributed by atoms with van der Waals surface area (Å²) in [6.45, 7) is 0.942. The molecule has 0 saturated heterocycles. The first kappa shape index (κ1) is 16.9. The third-order valence-corrected chi connectivity index (χ3v) is 4.27. The normalized spacial score (nSPS) is 13.9. The van der Waals surface area contributed by atoms with Gasteiger partial charge in [-0.25, -0.2) is 0 Å².